The van der Waals surface area contributed by atoms with Crippen LogP contribution in [0.1, 0.15) is 35.2 Å². The molecular weight excluding hydrogens is 234 g/mol. The van der Waals surface area contributed by atoms with Crippen molar-refractivity contribution in [3.05, 3.63) is 47.5 Å². The molecule has 0 spiro atoms. The molecule has 0 aliphatic heterocycles. The number of hydrogen-bond acceptors (Lipinski definition) is 1. The van der Waals surface area contributed by atoms with Crippen LogP contribution in [-0.4, -0.2) is 11.9 Å². The van der Waals surface area contributed by atoms with E-state index in [4.69, 9.17) is 11.6 Å². The second-order valence-electron chi connectivity index (χ2n) is 4.29. The van der Waals surface area contributed by atoms with E-state index in [1.165, 1.54) is 0 Å². The largest absolute Gasteiger partial charge is 0.349 e. The van der Waals surface area contributed by atoms with Crippen molar-refractivity contribution in [3.8, 4) is 0 Å². The highest BCUT2D eigenvalue weighted by Gasteiger charge is 2.13. The van der Waals surface area contributed by atoms with Crippen LogP contribution in [0.25, 0.3) is 0 Å². The lowest BCUT2D eigenvalue weighted by molar-refractivity contribution is 0.0934. The number of halogens is 1. The Kier molecular flexibility index (Phi) is 4.21. The molecule has 1 amide bonds. The average molecular weight is 250 g/mol. The molecule has 0 aromatic heterocycles. The normalized spacial score (nSPS) is 19.0. The number of carbonyl (C=O) groups is 1. The smallest absolute Gasteiger partial charge is 0.251 e. The van der Waals surface area contributed by atoms with Crippen molar-refractivity contribution < 1.29 is 4.79 Å². The molecule has 1 atom stereocenters. The Balaban J connectivity index is 1.96. The predicted molar refractivity (Wildman–Crippen MR) is 70.2 cm³/mol. The molecule has 0 radical (unpaired) electrons. The second-order valence-corrected chi connectivity index (χ2v) is 4.55. The molecule has 0 saturated heterocycles. The van der Waals surface area contributed by atoms with Crippen molar-refractivity contribution in [2.75, 3.05) is 0 Å². The summed E-state index contributed by atoms with van der Waals surface area (Å²) in [7, 11) is 0. The van der Waals surface area contributed by atoms with E-state index in [2.05, 4.69) is 17.5 Å². The van der Waals surface area contributed by atoms with E-state index in [0.29, 0.717) is 11.4 Å². The van der Waals surface area contributed by atoms with Crippen molar-refractivity contribution in [3.63, 3.8) is 0 Å². The molecule has 0 bridgehead atoms. The van der Waals surface area contributed by atoms with Gasteiger partial charge in [0.15, 0.2) is 0 Å². The summed E-state index contributed by atoms with van der Waals surface area (Å²) in [5.74, 6) is 0.487. The summed E-state index contributed by atoms with van der Waals surface area (Å²) in [6, 6.07) is 7.71. The van der Waals surface area contributed by atoms with Crippen molar-refractivity contribution in [1.82, 2.24) is 5.32 Å². The molecule has 1 aliphatic rings. The Labute approximate surface area is 107 Å². The van der Waals surface area contributed by atoms with E-state index in [9.17, 15) is 4.79 Å². The van der Waals surface area contributed by atoms with Crippen molar-refractivity contribution in [1.29, 1.82) is 0 Å². The number of benzene rings is 1. The molecule has 2 nitrogen and oxygen atoms in total. The molecule has 0 heterocycles. The maximum absolute atomic E-state index is 11.9. The Hall–Kier alpha value is -1.28. The van der Waals surface area contributed by atoms with Crippen LogP contribution in [0.4, 0.5) is 0 Å². The highest BCUT2D eigenvalue weighted by Crippen LogP contribution is 2.12. The van der Waals surface area contributed by atoms with Crippen LogP contribution in [0.15, 0.2) is 36.4 Å². The third-order valence-corrected chi connectivity index (χ3v) is 3.28. The van der Waals surface area contributed by atoms with Crippen LogP contribution < -0.4 is 5.32 Å². The minimum Gasteiger partial charge on any atom is -0.349 e. The molecule has 1 aromatic carbocycles. The Morgan fingerprint density at radius 1 is 1.29 bits per heavy atom. The quantitative estimate of drug-likeness (QED) is 0.647. The van der Waals surface area contributed by atoms with Gasteiger partial charge >= 0.3 is 0 Å². The highest BCUT2D eigenvalue weighted by atomic mass is 35.5. The van der Waals surface area contributed by atoms with E-state index in [1.807, 2.05) is 24.3 Å². The molecular formula is C14H16ClNO. The van der Waals surface area contributed by atoms with Gasteiger partial charge in [-0.25, -0.2) is 0 Å². The summed E-state index contributed by atoms with van der Waals surface area (Å²) in [4.78, 5) is 11.9. The van der Waals surface area contributed by atoms with Gasteiger partial charge < -0.3 is 5.32 Å². The van der Waals surface area contributed by atoms with E-state index >= 15 is 0 Å². The number of alkyl halides is 1. The first-order valence-corrected chi connectivity index (χ1v) is 6.44. The fourth-order valence-electron chi connectivity index (χ4n) is 1.94. The molecule has 0 saturated carbocycles. The summed E-state index contributed by atoms with van der Waals surface area (Å²) in [6.45, 7) is 0. The predicted octanol–water partition coefficient (Wildman–Crippen LogP) is 3.26. The average Bonchev–Trinajstić information content (AvgIpc) is 2.40. The van der Waals surface area contributed by atoms with Gasteiger partial charge in [0.1, 0.15) is 0 Å². The van der Waals surface area contributed by atoms with Gasteiger partial charge in [-0.05, 0) is 37.0 Å². The molecule has 1 N–H and O–H groups in total. The maximum Gasteiger partial charge on any atom is 0.251 e. The minimum absolute atomic E-state index is 0.00595. The number of amides is 1. The molecule has 2 rings (SSSR count). The zero-order chi connectivity index (χ0) is 12.1. The highest BCUT2D eigenvalue weighted by molar-refractivity contribution is 6.17. The van der Waals surface area contributed by atoms with Crippen molar-refractivity contribution >= 4 is 17.5 Å². The van der Waals surface area contributed by atoms with E-state index < -0.39 is 0 Å². The summed E-state index contributed by atoms with van der Waals surface area (Å²) < 4.78 is 0. The molecule has 17 heavy (non-hydrogen) atoms. The lowest BCUT2D eigenvalue weighted by Gasteiger charge is -2.19. The Morgan fingerprint density at radius 2 is 2.06 bits per heavy atom. The maximum atomic E-state index is 11.9. The van der Waals surface area contributed by atoms with Gasteiger partial charge in [-0.2, -0.15) is 0 Å². The summed E-state index contributed by atoms with van der Waals surface area (Å²) >= 11 is 5.71. The fraction of sp³-hybridized carbons (Fsp3) is 0.357. The summed E-state index contributed by atoms with van der Waals surface area (Å²) in [5, 5.41) is 3.05. The molecule has 0 fully saturated rings. The third kappa shape index (κ3) is 3.34. The minimum atomic E-state index is 0.00595. The number of allylic oxidation sites excluding steroid dienone is 1. The van der Waals surface area contributed by atoms with E-state index in [1.54, 1.807) is 0 Å². The number of carbonyl (C=O) groups excluding carboxylic acids is 1. The Morgan fingerprint density at radius 3 is 2.65 bits per heavy atom. The van der Waals surface area contributed by atoms with Gasteiger partial charge in [0.2, 0.25) is 0 Å². The molecule has 1 aromatic rings. The van der Waals surface area contributed by atoms with Crippen LogP contribution in [0.5, 0.6) is 0 Å². The van der Waals surface area contributed by atoms with E-state index in [-0.39, 0.29) is 11.9 Å². The van der Waals surface area contributed by atoms with Gasteiger partial charge in [-0.1, -0.05) is 24.3 Å². The molecule has 3 heteroatoms. The first-order valence-electron chi connectivity index (χ1n) is 5.90. The summed E-state index contributed by atoms with van der Waals surface area (Å²) in [6.07, 6.45) is 7.31. The topological polar surface area (TPSA) is 29.1 Å². The zero-order valence-corrected chi connectivity index (χ0v) is 10.4. The lowest BCUT2D eigenvalue weighted by Crippen LogP contribution is -2.35. The standard InChI is InChI=1S/C14H16ClNO/c15-10-11-6-8-12(9-7-11)14(17)16-13-4-2-1-3-5-13/h1-2,6-9,13H,3-5,10H2,(H,16,17). The number of rotatable bonds is 3. The molecule has 1 unspecified atom stereocenters. The molecule has 90 valence electrons. The van der Waals surface area contributed by atoms with Crippen molar-refractivity contribution in [2.45, 2.75) is 31.2 Å². The fourth-order valence-corrected chi connectivity index (χ4v) is 2.12. The van der Waals surface area contributed by atoms with Gasteiger partial charge in [-0.3, -0.25) is 4.79 Å². The summed E-state index contributed by atoms with van der Waals surface area (Å²) in [5.41, 5.74) is 1.73. The van der Waals surface area contributed by atoms with Gasteiger partial charge in [0.25, 0.3) is 5.91 Å². The monoisotopic (exact) mass is 249 g/mol. The van der Waals surface area contributed by atoms with Gasteiger partial charge in [0.05, 0.1) is 0 Å². The van der Waals surface area contributed by atoms with Crippen LogP contribution >= 0.6 is 11.6 Å². The second kappa shape index (κ2) is 5.87. The van der Waals surface area contributed by atoms with E-state index in [0.717, 1.165) is 24.8 Å². The van der Waals surface area contributed by atoms with Crippen LogP contribution in [-0.2, 0) is 5.88 Å². The van der Waals surface area contributed by atoms with Gasteiger partial charge in [-0.15, -0.1) is 11.6 Å². The first-order chi connectivity index (χ1) is 8.29. The lowest BCUT2D eigenvalue weighted by atomic mass is 10.0. The first kappa shape index (κ1) is 12.2. The van der Waals surface area contributed by atoms with Gasteiger partial charge in [0, 0.05) is 17.5 Å². The van der Waals surface area contributed by atoms with Crippen LogP contribution in [0.2, 0.25) is 0 Å². The SMILES string of the molecule is O=C(NC1CC=CCC1)c1ccc(CCl)cc1. The Bertz CT molecular complexity index is 411. The zero-order valence-electron chi connectivity index (χ0n) is 9.66. The van der Waals surface area contributed by atoms with Crippen LogP contribution in [0.3, 0.4) is 0 Å². The number of nitrogens with one attached hydrogen (secondary N) is 1. The molecule has 1 aliphatic carbocycles. The van der Waals surface area contributed by atoms with Crippen molar-refractivity contribution in [2.24, 2.45) is 0 Å². The number of hydrogen-bond donors (Lipinski definition) is 1. The van der Waals surface area contributed by atoms with Crippen LogP contribution in [0, 0.1) is 0 Å². The third-order valence-electron chi connectivity index (χ3n) is 2.97.